The average molecular weight is 284 g/mol. The molecule has 1 aromatic rings. The molecule has 0 bridgehead atoms. The maximum absolute atomic E-state index is 6.12. The Kier molecular flexibility index (Phi) is 3.27. The Morgan fingerprint density at radius 1 is 1.44 bits per heavy atom. The number of ether oxygens (including phenoxy) is 1. The van der Waals surface area contributed by atoms with Crippen LogP contribution in [-0.4, -0.2) is 12.6 Å². The number of hydrogen-bond donors (Lipinski definition) is 1. The molecule has 88 valence electrons. The van der Waals surface area contributed by atoms with Gasteiger partial charge in [0.1, 0.15) is 5.75 Å². The van der Waals surface area contributed by atoms with Crippen LogP contribution in [0.15, 0.2) is 16.6 Å². The molecule has 0 atom stereocenters. The van der Waals surface area contributed by atoms with E-state index in [2.05, 4.69) is 22.9 Å². The van der Waals surface area contributed by atoms with E-state index in [1.807, 2.05) is 12.1 Å². The lowest BCUT2D eigenvalue weighted by molar-refractivity contribution is 0.407. The van der Waals surface area contributed by atoms with Crippen molar-refractivity contribution in [1.29, 1.82) is 0 Å². The van der Waals surface area contributed by atoms with Gasteiger partial charge in [-0.2, -0.15) is 0 Å². The number of benzene rings is 1. The summed E-state index contributed by atoms with van der Waals surface area (Å²) in [5, 5.41) is 0. The largest absolute Gasteiger partial charge is 0.496 e. The second-order valence-electron chi connectivity index (χ2n) is 4.72. The van der Waals surface area contributed by atoms with Crippen LogP contribution in [0.1, 0.15) is 30.4 Å². The maximum atomic E-state index is 6.12. The summed E-state index contributed by atoms with van der Waals surface area (Å²) in [6.07, 6.45) is 4.40. The Morgan fingerprint density at radius 2 is 2.12 bits per heavy atom. The Hall–Kier alpha value is -0.540. The monoisotopic (exact) mass is 283 g/mol. The zero-order valence-corrected chi connectivity index (χ0v) is 11.4. The predicted molar refractivity (Wildman–Crippen MR) is 69.9 cm³/mol. The van der Waals surface area contributed by atoms with Gasteiger partial charge in [0.25, 0.3) is 0 Å². The van der Waals surface area contributed by atoms with Crippen molar-refractivity contribution in [2.75, 3.05) is 7.11 Å². The lowest BCUT2D eigenvalue weighted by Gasteiger charge is -2.15. The molecule has 1 fully saturated rings. The molecule has 0 aliphatic heterocycles. The zero-order valence-electron chi connectivity index (χ0n) is 9.85. The van der Waals surface area contributed by atoms with Crippen molar-refractivity contribution in [1.82, 2.24) is 0 Å². The Bertz CT molecular complexity index is 399. The van der Waals surface area contributed by atoms with Crippen molar-refractivity contribution in [3.63, 3.8) is 0 Å². The third-order valence-corrected chi connectivity index (χ3v) is 4.33. The van der Waals surface area contributed by atoms with Crippen LogP contribution < -0.4 is 10.5 Å². The summed E-state index contributed by atoms with van der Waals surface area (Å²) in [6, 6.07) is 4.05. The summed E-state index contributed by atoms with van der Waals surface area (Å²) in [5.41, 5.74) is 8.79. The van der Waals surface area contributed by atoms with E-state index in [1.54, 1.807) is 7.11 Å². The van der Waals surface area contributed by atoms with Crippen molar-refractivity contribution < 1.29 is 4.74 Å². The molecule has 0 spiro atoms. The second kappa shape index (κ2) is 4.38. The SMILES string of the molecule is COc1ccc(Br)c(C)c1CCC1(N)CC1. The molecule has 0 heterocycles. The van der Waals surface area contributed by atoms with Gasteiger partial charge in [-0.3, -0.25) is 0 Å². The van der Waals surface area contributed by atoms with Crippen LogP contribution in [-0.2, 0) is 6.42 Å². The summed E-state index contributed by atoms with van der Waals surface area (Å²) in [4.78, 5) is 0. The van der Waals surface area contributed by atoms with Gasteiger partial charge in [-0.1, -0.05) is 15.9 Å². The number of nitrogens with two attached hydrogens (primary N) is 1. The maximum Gasteiger partial charge on any atom is 0.122 e. The highest BCUT2D eigenvalue weighted by molar-refractivity contribution is 9.10. The summed E-state index contributed by atoms with van der Waals surface area (Å²) in [5.74, 6) is 0.977. The molecule has 0 amide bonds. The number of halogens is 1. The first kappa shape index (κ1) is 11.9. The molecular formula is C13H18BrNO. The smallest absolute Gasteiger partial charge is 0.122 e. The van der Waals surface area contributed by atoms with E-state index in [-0.39, 0.29) is 5.54 Å². The highest BCUT2D eigenvalue weighted by Crippen LogP contribution is 2.38. The van der Waals surface area contributed by atoms with Crippen molar-refractivity contribution in [2.45, 2.75) is 38.1 Å². The van der Waals surface area contributed by atoms with Gasteiger partial charge in [-0.25, -0.2) is 0 Å². The molecular weight excluding hydrogens is 266 g/mol. The molecule has 2 nitrogen and oxygen atoms in total. The first-order valence-corrected chi connectivity index (χ1v) is 6.46. The minimum atomic E-state index is 0.111. The van der Waals surface area contributed by atoms with Crippen molar-refractivity contribution in [3.05, 3.63) is 27.7 Å². The van der Waals surface area contributed by atoms with Crippen LogP contribution in [0, 0.1) is 6.92 Å². The molecule has 16 heavy (non-hydrogen) atoms. The Labute approximate surface area is 105 Å². The molecule has 1 aromatic carbocycles. The summed E-state index contributed by atoms with van der Waals surface area (Å²) >= 11 is 3.56. The number of hydrogen-bond acceptors (Lipinski definition) is 2. The average Bonchev–Trinajstić information content (AvgIpc) is 2.99. The van der Waals surface area contributed by atoms with Gasteiger partial charge in [-0.05, 0) is 55.9 Å². The molecule has 2 rings (SSSR count). The van der Waals surface area contributed by atoms with Gasteiger partial charge < -0.3 is 10.5 Å². The minimum absolute atomic E-state index is 0.111. The zero-order chi connectivity index (χ0) is 11.8. The van der Waals surface area contributed by atoms with E-state index in [1.165, 1.54) is 24.0 Å². The van der Waals surface area contributed by atoms with E-state index in [9.17, 15) is 0 Å². The van der Waals surface area contributed by atoms with E-state index in [4.69, 9.17) is 10.5 Å². The van der Waals surface area contributed by atoms with Crippen LogP contribution >= 0.6 is 15.9 Å². The van der Waals surface area contributed by atoms with Crippen molar-refractivity contribution >= 4 is 15.9 Å². The third kappa shape index (κ3) is 2.41. The van der Waals surface area contributed by atoms with Gasteiger partial charge in [0.15, 0.2) is 0 Å². The van der Waals surface area contributed by atoms with Gasteiger partial charge in [0.2, 0.25) is 0 Å². The third-order valence-electron chi connectivity index (χ3n) is 3.47. The molecule has 0 aromatic heterocycles. The van der Waals surface area contributed by atoms with Crippen LogP contribution in [0.25, 0.3) is 0 Å². The summed E-state index contributed by atoms with van der Waals surface area (Å²) in [6.45, 7) is 2.12. The highest BCUT2D eigenvalue weighted by atomic mass is 79.9. The van der Waals surface area contributed by atoms with E-state index in [0.29, 0.717) is 0 Å². The van der Waals surface area contributed by atoms with Gasteiger partial charge in [-0.15, -0.1) is 0 Å². The van der Waals surface area contributed by atoms with Crippen LogP contribution in [0.2, 0.25) is 0 Å². The topological polar surface area (TPSA) is 35.2 Å². The van der Waals surface area contributed by atoms with Gasteiger partial charge in [0, 0.05) is 10.0 Å². The fourth-order valence-corrected chi connectivity index (χ4v) is 2.36. The van der Waals surface area contributed by atoms with Crippen molar-refractivity contribution in [2.24, 2.45) is 5.73 Å². The molecule has 0 unspecified atom stereocenters. The van der Waals surface area contributed by atoms with E-state index in [0.717, 1.165) is 23.1 Å². The highest BCUT2D eigenvalue weighted by Gasteiger charge is 2.37. The minimum Gasteiger partial charge on any atom is -0.496 e. The summed E-state index contributed by atoms with van der Waals surface area (Å²) < 4.78 is 6.55. The van der Waals surface area contributed by atoms with Crippen molar-refractivity contribution in [3.8, 4) is 5.75 Å². The fraction of sp³-hybridized carbons (Fsp3) is 0.538. The molecule has 3 heteroatoms. The molecule has 0 radical (unpaired) electrons. The number of methoxy groups -OCH3 is 1. The second-order valence-corrected chi connectivity index (χ2v) is 5.57. The van der Waals surface area contributed by atoms with Crippen LogP contribution in [0.4, 0.5) is 0 Å². The fourth-order valence-electron chi connectivity index (χ4n) is 1.99. The van der Waals surface area contributed by atoms with Gasteiger partial charge in [0.05, 0.1) is 7.11 Å². The Morgan fingerprint density at radius 3 is 2.69 bits per heavy atom. The Balaban J connectivity index is 2.19. The predicted octanol–water partition coefficient (Wildman–Crippen LogP) is 3.19. The quantitative estimate of drug-likeness (QED) is 0.921. The summed E-state index contributed by atoms with van der Waals surface area (Å²) in [7, 11) is 1.72. The molecule has 0 saturated heterocycles. The van der Waals surface area contributed by atoms with Crippen LogP contribution in [0.3, 0.4) is 0 Å². The molecule has 2 N–H and O–H groups in total. The first-order valence-electron chi connectivity index (χ1n) is 5.66. The standard InChI is InChI=1S/C13H18BrNO/c1-9-10(5-6-13(15)7-8-13)12(16-2)4-3-11(9)14/h3-4H,5-8,15H2,1-2H3. The van der Waals surface area contributed by atoms with E-state index >= 15 is 0 Å². The lowest BCUT2D eigenvalue weighted by Crippen LogP contribution is -2.22. The van der Waals surface area contributed by atoms with E-state index < -0.39 is 0 Å². The molecule has 1 saturated carbocycles. The normalized spacial score (nSPS) is 17.2. The number of rotatable bonds is 4. The van der Waals surface area contributed by atoms with Gasteiger partial charge >= 0.3 is 0 Å². The first-order chi connectivity index (χ1) is 7.56. The van der Waals surface area contributed by atoms with Crippen LogP contribution in [0.5, 0.6) is 5.75 Å². The lowest BCUT2D eigenvalue weighted by atomic mass is 9.99. The molecule has 1 aliphatic carbocycles. The molecule has 1 aliphatic rings.